The maximum atomic E-state index is 5.83. The van der Waals surface area contributed by atoms with Crippen LogP contribution in [0.4, 0.5) is 5.82 Å². The summed E-state index contributed by atoms with van der Waals surface area (Å²) < 4.78 is 0. The van der Waals surface area contributed by atoms with Gasteiger partial charge in [-0.15, -0.1) is 0 Å². The van der Waals surface area contributed by atoms with Crippen LogP contribution >= 0.6 is 0 Å². The van der Waals surface area contributed by atoms with Gasteiger partial charge in [0.05, 0.1) is 0 Å². The van der Waals surface area contributed by atoms with Gasteiger partial charge >= 0.3 is 0 Å². The molecule has 1 aliphatic carbocycles. The van der Waals surface area contributed by atoms with Gasteiger partial charge in [-0.3, -0.25) is 0 Å². The number of fused-ring (bicyclic) bond motifs is 1. The van der Waals surface area contributed by atoms with E-state index >= 15 is 0 Å². The van der Waals surface area contributed by atoms with E-state index in [4.69, 9.17) is 11.5 Å². The SMILES string of the molecule is Nc1nccc2c1CCC2N. The molecule has 3 nitrogen and oxygen atoms in total. The van der Waals surface area contributed by atoms with E-state index in [2.05, 4.69) is 4.98 Å². The number of nitrogens with two attached hydrogens (primary N) is 2. The van der Waals surface area contributed by atoms with Crippen LogP contribution < -0.4 is 11.5 Å². The number of nitrogen functional groups attached to an aromatic ring is 1. The Kier molecular flexibility index (Phi) is 1.32. The van der Waals surface area contributed by atoms with E-state index in [1.807, 2.05) is 6.07 Å². The van der Waals surface area contributed by atoms with Gasteiger partial charge in [0.25, 0.3) is 0 Å². The summed E-state index contributed by atoms with van der Waals surface area (Å²) in [5.74, 6) is 0.649. The predicted molar refractivity (Wildman–Crippen MR) is 43.9 cm³/mol. The molecule has 4 N–H and O–H groups in total. The Labute approximate surface area is 65.4 Å². The number of pyridine rings is 1. The second-order valence-corrected chi connectivity index (χ2v) is 2.91. The number of hydrogen-bond donors (Lipinski definition) is 2. The molecule has 0 bridgehead atoms. The molecule has 0 amide bonds. The quantitative estimate of drug-likeness (QED) is 0.568. The van der Waals surface area contributed by atoms with E-state index < -0.39 is 0 Å². The van der Waals surface area contributed by atoms with Crippen molar-refractivity contribution in [1.29, 1.82) is 0 Å². The lowest BCUT2D eigenvalue weighted by molar-refractivity contribution is 0.713. The highest BCUT2D eigenvalue weighted by atomic mass is 14.8. The molecule has 58 valence electrons. The van der Waals surface area contributed by atoms with Crippen LogP contribution in [0.15, 0.2) is 12.3 Å². The second-order valence-electron chi connectivity index (χ2n) is 2.91. The van der Waals surface area contributed by atoms with Gasteiger partial charge < -0.3 is 11.5 Å². The minimum Gasteiger partial charge on any atom is -0.383 e. The van der Waals surface area contributed by atoms with Gasteiger partial charge in [-0.05, 0) is 30.0 Å². The molecule has 0 fully saturated rings. The summed E-state index contributed by atoms with van der Waals surface area (Å²) >= 11 is 0. The predicted octanol–water partition coefficient (Wildman–Crippen LogP) is 0.610. The van der Waals surface area contributed by atoms with Crippen molar-refractivity contribution in [2.45, 2.75) is 18.9 Å². The van der Waals surface area contributed by atoms with Crippen molar-refractivity contribution in [3.05, 3.63) is 23.4 Å². The van der Waals surface area contributed by atoms with E-state index in [1.54, 1.807) is 6.20 Å². The molecule has 1 heterocycles. The highest BCUT2D eigenvalue weighted by Gasteiger charge is 2.20. The molecule has 2 rings (SSSR count). The first-order valence-electron chi connectivity index (χ1n) is 3.78. The summed E-state index contributed by atoms with van der Waals surface area (Å²) in [6, 6.07) is 2.14. The topological polar surface area (TPSA) is 64.9 Å². The number of aromatic nitrogens is 1. The van der Waals surface area contributed by atoms with E-state index in [0.717, 1.165) is 18.4 Å². The number of hydrogen-bond acceptors (Lipinski definition) is 3. The highest BCUT2D eigenvalue weighted by molar-refractivity contribution is 5.48. The van der Waals surface area contributed by atoms with E-state index in [-0.39, 0.29) is 6.04 Å². The zero-order valence-electron chi connectivity index (χ0n) is 6.25. The van der Waals surface area contributed by atoms with Gasteiger partial charge in [0.15, 0.2) is 0 Å². The van der Waals surface area contributed by atoms with Crippen LogP contribution in [0, 0.1) is 0 Å². The monoisotopic (exact) mass is 149 g/mol. The lowest BCUT2D eigenvalue weighted by atomic mass is 10.1. The maximum absolute atomic E-state index is 5.83. The Hall–Kier alpha value is -1.09. The summed E-state index contributed by atoms with van der Waals surface area (Å²) in [4.78, 5) is 4.01. The van der Waals surface area contributed by atoms with Crippen molar-refractivity contribution in [3.8, 4) is 0 Å². The Bertz CT molecular complexity index is 283. The van der Waals surface area contributed by atoms with Crippen LogP contribution in [0.5, 0.6) is 0 Å². The first-order valence-corrected chi connectivity index (χ1v) is 3.78. The minimum atomic E-state index is 0.176. The zero-order valence-corrected chi connectivity index (χ0v) is 6.25. The summed E-state index contributed by atoms with van der Waals surface area (Å²) in [5, 5.41) is 0. The molecule has 1 aromatic rings. The fourth-order valence-electron chi connectivity index (χ4n) is 1.60. The van der Waals surface area contributed by atoms with Gasteiger partial charge in [-0.25, -0.2) is 4.98 Å². The van der Waals surface area contributed by atoms with Gasteiger partial charge in [0.1, 0.15) is 5.82 Å². The lowest BCUT2D eigenvalue weighted by Gasteiger charge is -2.04. The molecule has 1 atom stereocenters. The third-order valence-electron chi connectivity index (χ3n) is 2.23. The molecule has 0 saturated heterocycles. The van der Waals surface area contributed by atoms with Crippen molar-refractivity contribution < 1.29 is 0 Å². The molecule has 0 spiro atoms. The first kappa shape index (κ1) is 6.61. The van der Waals surface area contributed by atoms with Crippen LogP contribution in [-0.4, -0.2) is 4.98 Å². The molecule has 1 unspecified atom stereocenters. The third kappa shape index (κ3) is 0.886. The summed E-state index contributed by atoms with van der Waals surface area (Å²) in [6.07, 6.45) is 3.71. The number of anilines is 1. The molecular formula is C8H11N3. The molecule has 1 aromatic heterocycles. The molecule has 0 saturated carbocycles. The van der Waals surface area contributed by atoms with Crippen LogP contribution in [-0.2, 0) is 6.42 Å². The average molecular weight is 149 g/mol. The molecular weight excluding hydrogens is 138 g/mol. The van der Waals surface area contributed by atoms with E-state index in [9.17, 15) is 0 Å². The van der Waals surface area contributed by atoms with E-state index in [0.29, 0.717) is 5.82 Å². The third-order valence-corrected chi connectivity index (χ3v) is 2.23. The lowest BCUT2D eigenvalue weighted by Crippen LogP contribution is -2.05. The standard InChI is InChI=1S/C8H11N3/c9-7-2-1-6-5(7)3-4-11-8(6)10/h3-4,7H,1-2,9H2,(H2,10,11). The number of rotatable bonds is 0. The summed E-state index contributed by atoms with van der Waals surface area (Å²) in [5.41, 5.74) is 13.8. The van der Waals surface area contributed by atoms with Crippen LogP contribution in [0.25, 0.3) is 0 Å². The van der Waals surface area contributed by atoms with Gasteiger partial charge in [-0.2, -0.15) is 0 Å². The maximum Gasteiger partial charge on any atom is 0.126 e. The summed E-state index contributed by atoms with van der Waals surface area (Å²) in [6.45, 7) is 0. The molecule has 0 aromatic carbocycles. The fourth-order valence-corrected chi connectivity index (χ4v) is 1.60. The first-order chi connectivity index (χ1) is 5.29. The average Bonchev–Trinajstić information content (AvgIpc) is 2.35. The van der Waals surface area contributed by atoms with Gasteiger partial charge in [0, 0.05) is 12.2 Å². The largest absolute Gasteiger partial charge is 0.383 e. The fraction of sp³-hybridized carbons (Fsp3) is 0.375. The van der Waals surface area contributed by atoms with Crippen molar-refractivity contribution in [2.24, 2.45) is 5.73 Å². The Morgan fingerprint density at radius 2 is 2.36 bits per heavy atom. The van der Waals surface area contributed by atoms with Crippen molar-refractivity contribution in [1.82, 2.24) is 4.98 Å². The smallest absolute Gasteiger partial charge is 0.126 e. The minimum absolute atomic E-state index is 0.176. The van der Waals surface area contributed by atoms with E-state index in [1.165, 1.54) is 5.56 Å². The van der Waals surface area contributed by atoms with Crippen LogP contribution in [0.3, 0.4) is 0 Å². The Morgan fingerprint density at radius 3 is 3.09 bits per heavy atom. The zero-order chi connectivity index (χ0) is 7.84. The Morgan fingerprint density at radius 1 is 1.55 bits per heavy atom. The molecule has 0 radical (unpaired) electrons. The number of nitrogens with zero attached hydrogens (tertiary/aromatic N) is 1. The molecule has 11 heavy (non-hydrogen) atoms. The highest BCUT2D eigenvalue weighted by Crippen LogP contribution is 2.31. The van der Waals surface area contributed by atoms with Crippen LogP contribution in [0.2, 0.25) is 0 Å². The molecule has 3 heteroatoms. The normalized spacial score (nSPS) is 21.7. The summed E-state index contributed by atoms with van der Waals surface area (Å²) in [7, 11) is 0. The Balaban J connectivity index is 2.57. The molecule has 1 aliphatic rings. The van der Waals surface area contributed by atoms with Crippen molar-refractivity contribution in [2.75, 3.05) is 5.73 Å². The second kappa shape index (κ2) is 2.20. The van der Waals surface area contributed by atoms with Crippen molar-refractivity contribution in [3.63, 3.8) is 0 Å². The molecule has 0 aliphatic heterocycles. The van der Waals surface area contributed by atoms with Gasteiger partial charge in [-0.1, -0.05) is 0 Å². The van der Waals surface area contributed by atoms with Gasteiger partial charge in [0.2, 0.25) is 0 Å². The van der Waals surface area contributed by atoms with Crippen LogP contribution in [0.1, 0.15) is 23.6 Å². The van der Waals surface area contributed by atoms with Crippen molar-refractivity contribution >= 4 is 5.82 Å².